The zero-order valence-corrected chi connectivity index (χ0v) is 7.16. The van der Waals surface area contributed by atoms with E-state index in [0.717, 1.165) is 5.56 Å². The maximum absolute atomic E-state index is 10.2. The van der Waals surface area contributed by atoms with Crippen LogP contribution in [0.3, 0.4) is 0 Å². The first kappa shape index (κ1) is 14.2. The topological polar surface area (TPSA) is 100 Å². The Bertz CT molecular complexity index is 233. The average Bonchev–Trinajstić information content (AvgIpc) is 2.03. The fourth-order valence-electron chi connectivity index (χ4n) is 0.896. The molecule has 0 spiro atoms. The van der Waals surface area contributed by atoms with Crippen molar-refractivity contribution in [1.82, 2.24) is 0 Å². The Kier molecular flexibility index (Phi) is 7.91. The molecule has 13 heavy (non-hydrogen) atoms. The van der Waals surface area contributed by atoms with Gasteiger partial charge in [-0.05, 0) is 12.0 Å². The molecule has 0 aliphatic carbocycles. The van der Waals surface area contributed by atoms with E-state index in [9.17, 15) is 4.79 Å². The van der Waals surface area contributed by atoms with Crippen LogP contribution >= 0.6 is 0 Å². The normalized spacial score (nSPS) is 8.00. The van der Waals surface area contributed by atoms with Gasteiger partial charge in [0, 0.05) is 6.42 Å². The molecule has 74 valence electrons. The third-order valence-corrected chi connectivity index (χ3v) is 1.47. The number of hydrogen-bond acceptors (Lipinski definition) is 1. The number of rotatable bonds is 3. The molecule has 0 fully saturated rings. The van der Waals surface area contributed by atoms with Crippen LogP contribution in [-0.2, 0) is 11.2 Å². The molecule has 0 aromatic heterocycles. The van der Waals surface area contributed by atoms with Gasteiger partial charge in [-0.3, -0.25) is 4.79 Å². The first-order valence-electron chi connectivity index (χ1n) is 3.55. The summed E-state index contributed by atoms with van der Waals surface area (Å²) in [5, 5.41) is 8.37. The van der Waals surface area contributed by atoms with Crippen LogP contribution in [-0.4, -0.2) is 22.0 Å². The fraction of sp³-hybridized carbons (Fsp3) is 0.222. The first-order valence-corrected chi connectivity index (χ1v) is 3.55. The van der Waals surface area contributed by atoms with Crippen molar-refractivity contribution in [1.29, 1.82) is 0 Å². The second kappa shape index (κ2) is 7.27. The quantitative estimate of drug-likeness (QED) is 0.721. The lowest BCUT2D eigenvalue weighted by atomic mass is 10.1. The molecule has 5 N–H and O–H groups in total. The molecule has 1 rings (SSSR count). The fourth-order valence-corrected chi connectivity index (χ4v) is 0.896. The maximum atomic E-state index is 10.2. The third kappa shape index (κ3) is 5.84. The third-order valence-electron chi connectivity index (χ3n) is 1.47. The summed E-state index contributed by atoms with van der Waals surface area (Å²) in [6.07, 6.45) is 0.834. The van der Waals surface area contributed by atoms with E-state index in [-0.39, 0.29) is 17.4 Å². The lowest BCUT2D eigenvalue weighted by Crippen LogP contribution is -1.96. The van der Waals surface area contributed by atoms with Crippen LogP contribution in [0.25, 0.3) is 0 Å². The van der Waals surface area contributed by atoms with Gasteiger partial charge in [0.25, 0.3) is 0 Å². The highest BCUT2D eigenvalue weighted by atomic mass is 16.4. The summed E-state index contributed by atoms with van der Waals surface area (Å²) in [6.45, 7) is 0. The Labute approximate surface area is 76.4 Å². The Morgan fingerprint density at radius 2 is 1.69 bits per heavy atom. The van der Waals surface area contributed by atoms with Gasteiger partial charge in [0.05, 0.1) is 0 Å². The van der Waals surface area contributed by atoms with E-state index in [1.165, 1.54) is 0 Å². The van der Waals surface area contributed by atoms with Gasteiger partial charge in [0.2, 0.25) is 0 Å². The van der Waals surface area contributed by atoms with Gasteiger partial charge in [0.1, 0.15) is 0 Å². The molecule has 0 heterocycles. The molecule has 0 radical (unpaired) electrons. The predicted octanol–water partition coefficient (Wildman–Crippen LogP) is 0.0544. The van der Waals surface area contributed by atoms with Crippen LogP contribution < -0.4 is 0 Å². The van der Waals surface area contributed by atoms with E-state index in [1.807, 2.05) is 30.3 Å². The molecule has 0 aliphatic heterocycles. The maximum Gasteiger partial charge on any atom is 0.303 e. The monoisotopic (exact) mass is 186 g/mol. The van der Waals surface area contributed by atoms with Crippen molar-refractivity contribution < 1.29 is 20.9 Å². The van der Waals surface area contributed by atoms with Gasteiger partial charge in [-0.2, -0.15) is 0 Å². The number of carboxylic acid groups (broad SMARTS) is 1. The van der Waals surface area contributed by atoms with Crippen LogP contribution in [0.5, 0.6) is 0 Å². The van der Waals surface area contributed by atoms with Gasteiger partial charge in [-0.25, -0.2) is 0 Å². The van der Waals surface area contributed by atoms with Crippen molar-refractivity contribution in [3.05, 3.63) is 35.9 Å². The zero-order chi connectivity index (χ0) is 8.10. The molecule has 0 amide bonds. The largest absolute Gasteiger partial charge is 0.481 e. The lowest BCUT2D eigenvalue weighted by Gasteiger charge is -1.95. The van der Waals surface area contributed by atoms with Crippen molar-refractivity contribution >= 4 is 5.97 Å². The Morgan fingerprint density at radius 1 is 1.15 bits per heavy atom. The van der Waals surface area contributed by atoms with Gasteiger partial charge >= 0.3 is 5.97 Å². The van der Waals surface area contributed by atoms with Crippen LogP contribution in [0, 0.1) is 0 Å². The summed E-state index contributed by atoms with van der Waals surface area (Å²) in [7, 11) is 0. The SMILES string of the molecule is O.O.O=C(O)CCc1ccccc1. The molecule has 0 atom stereocenters. The zero-order valence-electron chi connectivity index (χ0n) is 7.16. The van der Waals surface area contributed by atoms with E-state index in [0.29, 0.717) is 6.42 Å². The molecular formula is C9H14O4. The molecule has 0 aliphatic rings. The Morgan fingerprint density at radius 3 is 2.15 bits per heavy atom. The molecular weight excluding hydrogens is 172 g/mol. The predicted molar refractivity (Wildman–Crippen MR) is 49.6 cm³/mol. The van der Waals surface area contributed by atoms with Gasteiger partial charge < -0.3 is 16.1 Å². The minimum atomic E-state index is -0.742. The highest BCUT2D eigenvalue weighted by molar-refractivity contribution is 5.67. The van der Waals surface area contributed by atoms with Crippen molar-refractivity contribution in [2.24, 2.45) is 0 Å². The van der Waals surface area contributed by atoms with Crippen molar-refractivity contribution in [3.8, 4) is 0 Å². The number of benzene rings is 1. The summed E-state index contributed by atoms with van der Waals surface area (Å²) in [4.78, 5) is 10.2. The minimum absolute atomic E-state index is 0. The number of aliphatic carboxylic acids is 1. The van der Waals surface area contributed by atoms with E-state index in [1.54, 1.807) is 0 Å². The summed E-state index contributed by atoms with van der Waals surface area (Å²) in [5.41, 5.74) is 1.08. The van der Waals surface area contributed by atoms with Crippen molar-refractivity contribution in [2.75, 3.05) is 0 Å². The van der Waals surface area contributed by atoms with Crippen molar-refractivity contribution in [3.63, 3.8) is 0 Å². The van der Waals surface area contributed by atoms with E-state index < -0.39 is 5.97 Å². The first-order chi connectivity index (χ1) is 5.29. The molecule has 0 saturated heterocycles. The smallest absolute Gasteiger partial charge is 0.303 e. The molecule has 1 aromatic rings. The average molecular weight is 186 g/mol. The standard InChI is InChI=1S/C9H10O2.2H2O/c10-9(11)7-6-8-4-2-1-3-5-8;;/h1-5H,6-7H2,(H,10,11);2*1H2. The Balaban J connectivity index is 0. The van der Waals surface area contributed by atoms with Gasteiger partial charge in [-0.15, -0.1) is 0 Å². The highest BCUT2D eigenvalue weighted by Crippen LogP contribution is 2.01. The number of hydrogen-bond donors (Lipinski definition) is 1. The van der Waals surface area contributed by atoms with Crippen LogP contribution in [0.15, 0.2) is 30.3 Å². The van der Waals surface area contributed by atoms with Crippen molar-refractivity contribution in [2.45, 2.75) is 12.8 Å². The summed E-state index contributed by atoms with van der Waals surface area (Å²) in [5.74, 6) is -0.742. The van der Waals surface area contributed by atoms with Gasteiger partial charge in [-0.1, -0.05) is 30.3 Å². The summed E-state index contributed by atoms with van der Waals surface area (Å²) >= 11 is 0. The lowest BCUT2D eigenvalue weighted by molar-refractivity contribution is -0.136. The van der Waals surface area contributed by atoms with Gasteiger partial charge in [0.15, 0.2) is 0 Å². The highest BCUT2D eigenvalue weighted by Gasteiger charge is 1.96. The Hall–Kier alpha value is -1.39. The summed E-state index contributed by atoms with van der Waals surface area (Å²) in [6, 6.07) is 9.62. The number of carbonyl (C=O) groups is 1. The van der Waals surface area contributed by atoms with Crippen LogP contribution in [0.4, 0.5) is 0 Å². The van der Waals surface area contributed by atoms with E-state index in [2.05, 4.69) is 0 Å². The minimum Gasteiger partial charge on any atom is -0.481 e. The second-order valence-electron chi connectivity index (χ2n) is 2.38. The molecule has 1 aromatic carbocycles. The molecule has 0 unspecified atom stereocenters. The number of aryl methyl sites for hydroxylation is 1. The van der Waals surface area contributed by atoms with Crippen LogP contribution in [0.2, 0.25) is 0 Å². The molecule has 0 bridgehead atoms. The molecule has 4 nitrogen and oxygen atoms in total. The molecule has 4 heteroatoms. The van der Waals surface area contributed by atoms with Crippen LogP contribution in [0.1, 0.15) is 12.0 Å². The summed E-state index contributed by atoms with van der Waals surface area (Å²) < 4.78 is 0. The van der Waals surface area contributed by atoms with E-state index >= 15 is 0 Å². The second-order valence-corrected chi connectivity index (χ2v) is 2.38. The molecule has 0 saturated carbocycles. The number of carboxylic acids is 1. The van der Waals surface area contributed by atoms with E-state index in [4.69, 9.17) is 5.11 Å².